The topological polar surface area (TPSA) is 87.5 Å². The van der Waals surface area contributed by atoms with E-state index >= 15 is 0 Å². The molecule has 0 fully saturated rings. The van der Waals surface area contributed by atoms with Crippen molar-refractivity contribution in [1.29, 1.82) is 0 Å². The number of esters is 2. The van der Waals surface area contributed by atoms with Crippen LogP contribution in [0.2, 0.25) is 0 Å². The molecule has 0 aromatic carbocycles. The first-order valence-electron chi connectivity index (χ1n) is 8.26. The van der Waals surface area contributed by atoms with Crippen LogP contribution in [0.1, 0.15) is 74.7 Å². The van der Waals surface area contributed by atoms with E-state index in [1.807, 2.05) is 13.1 Å². The number of aryl methyl sites for hydroxylation is 1. The minimum atomic E-state index is -0.462. The van der Waals surface area contributed by atoms with Gasteiger partial charge in [-0.05, 0) is 38.7 Å². The number of ether oxygens (including phenoxy) is 2. The maximum atomic E-state index is 12.2. The van der Waals surface area contributed by atoms with Crippen molar-refractivity contribution in [2.45, 2.75) is 52.0 Å². The first-order chi connectivity index (χ1) is 11.4. The molecule has 9 heteroatoms. The number of rotatable bonds is 7. The zero-order valence-electron chi connectivity index (χ0n) is 33.4. The van der Waals surface area contributed by atoms with E-state index in [9.17, 15) is 14.4 Å². The summed E-state index contributed by atoms with van der Waals surface area (Å²) in [5.41, 5.74) is 1.98. The van der Waals surface area contributed by atoms with Gasteiger partial charge in [0.25, 0.3) is 0 Å². The Morgan fingerprint density at radius 3 is 2.65 bits per heavy atom. The summed E-state index contributed by atoms with van der Waals surface area (Å²) in [5, 5.41) is 4.53. The van der Waals surface area contributed by atoms with Crippen LogP contribution in [0, 0.1) is 5.92 Å². The van der Waals surface area contributed by atoms with Crippen LogP contribution in [0.5, 0.6) is 0 Å². The van der Waals surface area contributed by atoms with Crippen molar-refractivity contribution in [1.82, 2.24) is 9.78 Å². The third-order valence-electron chi connectivity index (χ3n) is 4.31. The standard InChI is InChI=1S/C17H24N2O5.2K.17H/c1-4-24-17(22)9-15(20)12-5-6-14-13(8-12)10-19(18-14)11(2)7-16(21)23-3;;;;;;;;;;;;;;;;;;;/h10-12H,4-9H2,1-3H3;;;;;;;;;;;;;;;;;;;/q;2*+1;17*-1/i;;;17*1+2. The van der Waals surface area contributed by atoms with Gasteiger partial charge in [0.1, 0.15) is 12.2 Å². The second kappa shape index (κ2) is 13.3. The third-order valence-corrected chi connectivity index (χ3v) is 4.31. The van der Waals surface area contributed by atoms with Crippen LogP contribution in [-0.4, -0.2) is 41.2 Å². The quantitative estimate of drug-likeness (QED) is 0.252. The number of carbonyl (C=O) groups is 3. The van der Waals surface area contributed by atoms with Crippen molar-refractivity contribution in [2.24, 2.45) is 5.92 Å². The van der Waals surface area contributed by atoms with E-state index in [-0.39, 0.29) is 170 Å². The van der Waals surface area contributed by atoms with Gasteiger partial charge < -0.3 is 33.7 Å². The molecular formula is C17H41K2N2O5-15. The number of carbonyl (C=O) groups excluding carboxylic acids is 3. The maximum Gasteiger partial charge on any atom is 1.00 e. The van der Waals surface area contributed by atoms with Crippen molar-refractivity contribution in [3.63, 3.8) is 0 Å². The van der Waals surface area contributed by atoms with E-state index in [0.29, 0.717) is 19.3 Å². The largest absolute Gasteiger partial charge is 1.00 e. The Labute approximate surface area is 264 Å². The number of ketones is 1. The number of hydrogen-bond donors (Lipinski definition) is 0. The molecule has 0 saturated carbocycles. The Morgan fingerprint density at radius 2 is 2.04 bits per heavy atom. The molecule has 0 amide bonds. The molecule has 26 heavy (non-hydrogen) atoms. The summed E-state index contributed by atoms with van der Waals surface area (Å²) in [5.74, 6) is -0.987. The Bertz CT molecular complexity index is 674. The molecule has 2 unspecified atom stereocenters. The van der Waals surface area contributed by atoms with Gasteiger partial charge in [0.05, 0.1) is 31.9 Å². The number of Topliss-reactive ketones (excluding diaryl/α,β-unsaturated/α-hetero) is 1. The minimum Gasteiger partial charge on any atom is -1.00 e. The summed E-state index contributed by atoms with van der Waals surface area (Å²) < 4.78 is 11.3. The van der Waals surface area contributed by atoms with E-state index in [1.165, 1.54) is 7.11 Å². The fraction of sp³-hybridized carbons (Fsp3) is 0.647. The second-order valence-electron chi connectivity index (χ2n) is 6.10. The van der Waals surface area contributed by atoms with E-state index in [1.54, 1.807) is 11.6 Å². The second-order valence-corrected chi connectivity index (χ2v) is 6.10. The molecule has 166 valence electrons. The SMILES string of the molecule is CCOC(=O)CC(=O)C1CCc2nn(C(C)CC(=O)OC)cc2C1.[3H-].[3H-].[3H-].[3H-].[3H-].[3H-].[3H-].[3H-].[3H-].[3H-].[3H-].[3H-].[3H-].[3H-].[3H-].[3H-].[3H-].[K+].[K+]. The first kappa shape index (κ1) is 27.1. The van der Waals surface area contributed by atoms with Gasteiger partial charge >= 0.3 is 115 Å². The Hall–Kier alpha value is 1.09. The van der Waals surface area contributed by atoms with E-state index < -0.39 is 5.97 Å². The summed E-state index contributed by atoms with van der Waals surface area (Å²) >= 11 is 0. The number of hydrogen-bond acceptors (Lipinski definition) is 6. The van der Waals surface area contributed by atoms with Crippen LogP contribution in [0.25, 0.3) is 0 Å². The minimum absolute atomic E-state index is 0. The molecule has 1 aromatic heterocycles. The van der Waals surface area contributed by atoms with Crippen molar-refractivity contribution < 1.29 is 151 Å². The van der Waals surface area contributed by atoms with Gasteiger partial charge in [0.2, 0.25) is 0 Å². The molecule has 0 saturated heterocycles. The monoisotopic (exact) mass is 465 g/mol. The van der Waals surface area contributed by atoms with E-state index in [4.69, 9.17) is 4.74 Å². The first-order valence-corrected chi connectivity index (χ1v) is 8.26. The summed E-state index contributed by atoms with van der Waals surface area (Å²) in [6, 6.07) is -0.100. The predicted octanol–water partition coefficient (Wildman–Crippen LogP) is -2.45. The molecule has 1 aliphatic rings. The molecule has 7 nitrogen and oxygen atoms in total. The van der Waals surface area contributed by atoms with Gasteiger partial charge in [-0.1, -0.05) is 0 Å². The fourth-order valence-corrected chi connectivity index (χ4v) is 2.94. The van der Waals surface area contributed by atoms with E-state index in [0.717, 1.165) is 11.3 Å². The average molecular weight is 466 g/mol. The fourth-order valence-electron chi connectivity index (χ4n) is 2.94. The zero-order chi connectivity index (χ0) is 17.7. The van der Waals surface area contributed by atoms with Crippen LogP contribution in [0.4, 0.5) is 0 Å². The molecule has 0 spiro atoms. The van der Waals surface area contributed by atoms with Crippen LogP contribution in [-0.2, 0) is 36.7 Å². The predicted molar refractivity (Wildman–Crippen MR) is 104 cm³/mol. The van der Waals surface area contributed by atoms with Crippen molar-refractivity contribution in [3.05, 3.63) is 17.5 Å². The number of fused-ring (bicyclic) bond motifs is 1. The van der Waals surface area contributed by atoms with Crippen molar-refractivity contribution >= 4 is 17.7 Å². The molecule has 1 heterocycles. The summed E-state index contributed by atoms with van der Waals surface area (Å²) in [6.45, 7) is 3.91. The van der Waals surface area contributed by atoms with Gasteiger partial charge in [-0.25, -0.2) is 0 Å². The summed E-state index contributed by atoms with van der Waals surface area (Å²) in [4.78, 5) is 35.1. The van der Waals surface area contributed by atoms with Gasteiger partial charge in [0.15, 0.2) is 0 Å². The van der Waals surface area contributed by atoms with Crippen LogP contribution >= 0.6 is 0 Å². The zero-order valence-corrected chi connectivity index (χ0v) is 22.7. The van der Waals surface area contributed by atoms with Gasteiger partial charge in [-0.15, -0.1) is 0 Å². The molecule has 0 aliphatic heterocycles. The Balaban J connectivity index is -0.0000000206. The van der Waals surface area contributed by atoms with Gasteiger partial charge in [-0.3, -0.25) is 19.1 Å². The third kappa shape index (κ3) is 7.84. The van der Waals surface area contributed by atoms with Gasteiger partial charge in [0, 0.05) is 12.1 Å². The van der Waals surface area contributed by atoms with Crippen LogP contribution < -0.4 is 103 Å². The molecule has 0 bridgehead atoms. The van der Waals surface area contributed by atoms with Crippen LogP contribution in [0.15, 0.2) is 6.20 Å². The average Bonchev–Trinajstić information content (AvgIpc) is 2.98. The van der Waals surface area contributed by atoms with Crippen molar-refractivity contribution in [2.75, 3.05) is 13.7 Å². The maximum absolute atomic E-state index is 12.2. The molecule has 0 N–H and O–H groups in total. The number of nitrogens with zero attached hydrogens (tertiary/aromatic N) is 2. The molecule has 2 rings (SSSR count). The number of aromatic nitrogens is 2. The molecule has 1 aliphatic carbocycles. The van der Waals surface area contributed by atoms with E-state index in [2.05, 4.69) is 9.84 Å². The molecule has 2 atom stereocenters. The van der Waals surface area contributed by atoms with Crippen molar-refractivity contribution in [3.8, 4) is 0 Å². The molecule has 0 radical (unpaired) electrons. The smallest absolute Gasteiger partial charge is 1.00 e. The number of methoxy groups -OCH3 is 1. The van der Waals surface area contributed by atoms with Gasteiger partial charge in [-0.2, -0.15) is 5.10 Å². The Morgan fingerprint density at radius 1 is 1.35 bits per heavy atom. The van der Waals surface area contributed by atoms with Crippen LogP contribution in [0.3, 0.4) is 0 Å². The normalized spacial score (nSPS) is 16.3. The molecular weight excluding hydrogens is 390 g/mol. The summed E-state index contributed by atoms with van der Waals surface area (Å²) in [6.07, 6.45) is 3.95. The molecule has 1 aromatic rings. The summed E-state index contributed by atoms with van der Waals surface area (Å²) in [7, 11) is 1.36. The Kier molecular flexibility index (Phi) is 13.9.